The van der Waals surface area contributed by atoms with E-state index < -0.39 is 0 Å². The van der Waals surface area contributed by atoms with Crippen molar-refractivity contribution in [1.82, 2.24) is 9.13 Å². The lowest BCUT2D eigenvalue weighted by Crippen LogP contribution is -1.97. The Morgan fingerprint density at radius 1 is 0.163 bits per heavy atom. The van der Waals surface area contributed by atoms with Gasteiger partial charge in [0.1, 0.15) is 22.3 Å². The van der Waals surface area contributed by atoms with E-state index in [1.54, 1.807) is 0 Å². The summed E-state index contributed by atoms with van der Waals surface area (Å²) in [7, 11) is 0. The van der Waals surface area contributed by atoms with Crippen LogP contribution in [0.25, 0.3) is 198 Å². The van der Waals surface area contributed by atoms with Crippen LogP contribution in [0.5, 0.6) is 0 Å². The molecule has 0 N–H and O–H groups in total. The summed E-state index contributed by atoms with van der Waals surface area (Å²) >= 11 is 0. The lowest BCUT2D eigenvalue weighted by atomic mass is 9.80. The Kier molecular flexibility index (Phi) is 10.8. The Morgan fingerprint density at radius 3 is 1.04 bits per heavy atom. The SMILES string of the molecule is c1ccc(-c2cccc(-c3c(-c4ccccc4)c4cc5c(-c6ccc(-n7c8ccccc8c8cc9c(cc87)oc7ccccc79)cc6)c6ccccc6c(-c6ccc(-n7c8ccccc8c8cc9c(cc87)oc7ccccc79)cc6)c5cc4c4ccccc34)c2)cc1. The Bertz CT molecular complexity index is 6460. The number of furan rings is 2. The van der Waals surface area contributed by atoms with Gasteiger partial charge in [0.15, 0.2) is 0 Å². The van der Waals surface area contributed by atoms with E-state index in [-0.39, 0.29) is 0 Å². The molecule has 20 rings (SSSR count). The summed E-state index contributed by atoms with van der Waals surface area (Å²) < 4.78 is 17.9. The highest BCUT2D eigenvalue weighted by atomic mass is 16.3. The van der Waals surface area contributed by atoms with Crippen LogP contribution in [-0.2, 0) is 0 Å². The molecule has 0 radical (unpaired) electrons. The zero-order valence-electron chi connectivity index (χ0n) is 49.7. The summed E-state index contributed by atoms with van der Waals surface area (Å²) in [6, 6.07) is 116. The molecule has 16 aromatic carbocycles. The number of hydrogen-bond acceptors (Lipinski definition) is 2. The minimum atomic E-state index is 0.880. The fraction of sp³-hybridized carbons (Fsp3) is 0. The van der Waals surface area contributed by atoms with Crippen LogP contribution in [-0.4, -0.2) is 9.13 Å². The van der Waals surface area contributed by atoms with Crippen LogP contribution in [0.4, 0.5) is 0 Å². The van der Waals surface area contributed by atoms with Crippen LogP contribution in [0.1, 0.15) is 0 Å². The van der Waals surface area contributed by atoms with Crippen molar-refractivity contribution in [3.63, 3.8) is 0 Å². The minimum absolute atomic E-state index is 0.880. The van der Waals surface area contributed by atoms with Crippen molar-refractivity contribution in [2.45, 2.75) is 0 Å². The molecule has 0 spiro atoms. The van der Waals surface area contributed by atoms with Crippen LogP contribution in [0, 0.1) is 0 Å². The number of nitrogens with zero attached hydrogens (tertiary/aromatic N) is 2. The molecule has 20 aromatic rings. The normalized spacial score (nSPS) is 12.1. The van der Waals surface area contributed by atoms with E-state index in [9.17, 15) is 0 Å². The molecule has 0 fully saturated rings. The first-order chi connectivity index (χ1) is 45.6. The average Bonchev–Trinajstić information content (AvgIpc) is 1.21. The first kappa shape index (κ1) is 50.7. The van der Waals surface area contributed by atoms with E-state index in [2.05, 4.69) is 312 Å². The van der Waals surface area contributed by atoms with E-state index in [0.717, 1.165) is 88.4 Å². The molecule has 4 nitrogen and oxygen atoms in total. The molecule has 0 saturated heterocycles. The molecule has 0 aliphatic rings. The van der Waals surface area contributed by atoms with E-state index in [4.69, 9.17) is 8.83 Å². The summed E-state index contributed by atoms with van der Waals surface area (Å²) in [6.45, 7) is 0. The summed E-state index contributed by atoms with van der Waals surface area (Å²) in [4.78, 5) is 0. The number of fused-ring (bicyclic) bond motifs is 17. The molecule has 4 heterocycles. The topological polar surface area (TPSA) is 36.1 Å². The smallest absolute Gasteiger partial charge is 0.137 e. The number of aromatic nitrogens is 2. The third-order valence-electron chi connectivity index (χ3n) is 19.7. The van der Waals surface area contributed by atoms with Crippen molar-refractivity contribution in [3.05, 3.63) is 315 Å². The average molecular weight is 1170 g/mol. The second-order valence-corrected chi connectivity index (χ2v) is 24.6. The molecule has 426 valence electrons. The zero-order valence-corrected chi connectivity index (χ0v) is 49.7. The number of rotatable bonds is 7. The standard InChI is InChI=1S/C88H52N2O2/c1-3-20-53(21-4-1)57-24-19-25-58(46-57)88-66-31-8-7-26-61(66)69-47-75-76(50-74(69)87(88)54-22-5-2-6-23-54)86(56-40-44-60(45-41-56)90-78-35-16-12-28-63(78)71-49-73-65-30-14-18-37-82(65)92-84(73)52-80(71)90)68-33-10-9-32-67(68)85(75)55-38-42-59(43-39-55)89-77-34-15-11-27-62(77)70-48-72-64-29-13-17-36-81(64)91-83(72)51-79(70)89/h1-52H. The molecule has 0 atom stereocenters. The van der Waals surface area contributed by atoms with Gasteiger partial charge < -0.3 is 18.0 Å². The van der Waals surface area contributed by atoms with Crippen LogP contribution < -0.4 is 0 Å². The van der Waals surface area contributed by atoms with Crippen LogP contribution >= 0.6 is 0 Å². The lowest BCUT2D eigenvalue weighted by molar-refractivity contribution is 0.669. The summed E-state index contributed by atoms with van der Waals surface area (Å²) in [5, 5.41) is 18.9. The quantitative estimate of drug-likeness (QED) is 0.118. The molecule has 4 aromatic heterocycles. The third-order valence-corrected chi connectivity index (χ3v) is 19.7. The second-order valence-electron chi connectivity index (χ2n) is 24.6. The maximum atomic E-state index is 6.55. The fourth-order valence-corrected chi connectivity index (χ4v) is 15.7. The van der Waals surface area contributed by atoms with Crippen molar-refractivity contribution in [2.24, 2.45) is 0 Å². The Labute approximate surface area is 527 Å². The van der Waals surface area contributed by atoms with Gasteiger partial charge >= 0.3 is 0 Å². The van der Waals surface area contributed by atoms with Crippen LogP contribution in [0.3, 0.4) is 0 Å². The number of hydrogen-bond donors (Lipinski definition) is 0. The number of benzene rings is 16. The van der Waals surface area contributed by atoms with Crippen molar-refractivity contribution in [2.75, 3.05) is 0 Å². The van der Waals surface area contributed by atoms with E-state index >= 15 is 0 Å². The van der Waals surface area contributed by atoms with E-state index in [1.165, 1.54) is 109 Å². The van der Waals surface area contributed by atoms with Gasteiger partial charge in [-0.05, 0) is 178 Å². The van der Waals surface area contributed by atoms with Gasteiger partial charge in [-0.3, -0.25) is 0 Å². The highest BCUT2D eigenvalue weighted by Crippen LogP contribution is 2.51. The minimum Gasteiger partial charge on any atom is -0.456 e. The van der Waals surface area contributed by atoms with Crippen LogP contribution in [0.15, 0.2) is 324 Å². The molecule has 0 unspecified atom stereocenters. The predicted molar refractivity (Wildman–Crippen MR) is 387 cm³/mol. The predicted octanol–water partition coefficient (Wildman–Crippen LogP) is 24.6. The maximum Gasteiger partial charge on any atom is 0.137 e. The van der Waals surface area contributed by atoms with Gasteiger partial charge in [-0.2, -0.15) is 0 Å². The highest BCUT2D eigenvalue weighted by Gasteiger charge is 2.25. The monoisotopic (exact) mass is 1170 g/mol. The Hall–Kier alpha value is -12.2. The Balaban J connectivity index is 0.849. The van der Waals surface area contributed by atoms with E-state index in [0.29, 0.717) is 0 Å². The summed E-state index contributed by atoms with van der Waals surface area (Å²) in [6.07, 6.45) is 0. The second kappa shape index (κ2) is 19.6. The van der Waals surface area contributed by atoms with Crippen molar-refractivity contribution in [3.8, 4) is 67.0 Å². The molecular weight excluding hydrogens is 1120 g/mol. The van der Waals surface area contributed by atoms with Gasteiger partial charge in [-0.15, -0.1) is 0 Å². The molecule has 0 aliphatic heterocycles. The van der Waals surface area contributed by atoms with Crippen molar-refractivity contribution < 1.29 is 8.83 Å². The summed E-state index contributed by atoms with van der Waals surface area (Å²) in [5.41, 5.74) is 22.1. The third kappa shape index (κ3) is 7.46. The van der Waals surface area contributed by atoms with Crippen molar-refractivity contribution in [1.29, 1.82) is 0 Å². The van der Waals surface area contributed by atoms with Crippen LogP contribution in [0.2, 0.25) is 0 Å². The van der Waals surface area contributed by atoms with E-state index in [1.807, 2.05) is 12.1 Å². The van der Waals surface area contributed by atoms with Gasteiger partial charge in [0.25, 0.3) is 0 Å². The van der Waals surface area contributed by atoms with Crippen molar-refractivity contribution >= 4 is 131 Å². The first-order valence-electron chi connectivity index (χ1n) is 31.6. The van der Waals surface area contributed by atoms with Gasteiger partial charge in [0.2, 0.25) is 0 Å². The molecule has 0 saturated carbocycles. The number of para-hydroxylation sites is 4. The highest BCUT2D eigenvalue weighted by molar-refractivity contribution is 6.30. The van der Waals surface area contributed by atoms with Gasteiger partial charge in [0.05, 0.1) is 22.1 Å². The zero-order chi connectivity index (χ0) is 60.1. The fourth-order valence-electron chi connectivity index (χ4n) is 15.7. The van der Waals surface area contributed by atoms with Gasteiger partial charge in [-0.1, -0.05) is 224 Å². The largest absolute Gasteiger partial charge is 0.456 e. The molecule has 4 heteroatoms. The molecule has 0 amide bonds. The molecule has 0 bridgehead atoms. The lowest BCUT2D eigenvalue weighted by Gasteiger charge is -2.23. The molecular formula is C88H52N2O2. The molecule has 0 aliphatic carbocycles. The van der Waals surface area contributed by atoms with Gasteiger partial charge in [0, 0.05) is 66.6 Å². The summed E-state index contributed by atoms with van der Waals surface area (Å²) in [5.74, 6) is 0. The maximum absolute atomic E-state index is 6.55. The Morgan fingerprint density at radius 2 is 0.522 bits per heavy atom. The van der Waals surface area contributed by atoms with Gasteiger partial charge in [-0.25, -0.2) is 0 Å². The molecule has 92 heavy (non-hydrogen) atoms. The first-order valence-corrected chi connectivity index (χ1v) is 31.6.